The van der Waals surface area contributed by atoms with Gasteiger partial charge < -0.3 is 27.9 Å². The molecule has 2 aromatic carbocycles. The zero-order valence-corrected chi connectivity index (χ0v) is 51.6. The second kappa shape index (κ2) is 26.7. The average Bonchev–Trinajstić information content (AvgIpc) is 3.71. The molecule has 0 N–H and O–H groups in total. The minimum Gasteiger partial charge on any atom is -0.748 e. The maximum Gasteiger partial charge on any atom is 1.00 e. The summed E-state index contributed by atoms with van der Waals surface area (Å²) in [5, 5.41) is 0.471. The van der Waals surface area contributed by atoms with Crippen molar-refractivity contribution >= 4 is 75.3 Å². The first-order valence-corrected chi connectivity index (χ1v) is 26.7. The third kappa shape index (κ3) is 17.2. The number of unbranched alkanes of at least 4 members (excludes halogenated alkanes) is 4. The van der Waals surface area contributed by atoms with Gasteiger partial charge in [-0.2, -0.15) is 4.58 Å². The number of hydroxylamine groups is 2. The summed E-state index contributed by atoms with van der Waals surface area (Å²) in [7, 11) is -18.7. The molecule has 1 unspecified atom stereocenters. The van der Waals surface area contributed by atoms with Crippen LogP contribution in [0.4, 0.5) is 11.4 Å². The first-order chi connectivity index (χ1) is 30.1. The monoisotopic (exact) mass is 1100 g/mol. The number of benzene rings is 2. The molecule has 0 aliphatic carbocycles. The molecule has 1 fully saturated rings. The number of hydrogen-bond donors (Lipinski definition) is 0. The Balaban J connectivity index is 0.00000529. The van der Waals surface area contributed by atoms with E-state index in [0.29, 0.717) is 64.7 Å². The molecular weight excluding hydrogens is 1050 g/mol. The fourth-order valence-corrected chi connectivity index (χ4v) is 10.5. The van der Waals surface area contributed by atoms with E-state index in [0.717, 1.165) is 0 Å². The molecule has 0 saturated carbocycles. The van der Waals surface area contributed by atoms with E-state index in [2.05, 4.69) is 0 Å². The molecule has 2 aromatic rings. The third-order valence-electron chi connectivity index (χ3n) is 11.7. The molecule has 3 aliphatic rings. The number of anilines is 1. The van der Waals surface area contributed by atoms with E-state index in [9.17, 15) is 66.3 Å². The van der Waals surface area contributed by atoms with Gasteiger partial charge in [0.25, 0.3) is 11.8 Å². The summed E-state index contributed by atoms with van der Waals surface area (Å²) >= 11 is 0. The summed E-state index contributed by atoms with van der Waals surface area (Å²) in [5.41, 5.74) is 1.63. The van der Waals surface area contributed by atoms with Gasteiger partial charge in [-0.3, -0.25) is 9.59 Å². The fourth-order valence-electron chi connectivity index (χ4n) is 8.43. The van der Waals surface area contributed by atoms with E-state index in [1.54, 1.807) is 30.4 Å². The van der Waals surface area contributed by atoms with E-state index in [1.807, 2.05) is 30.2 Å². The molecule has 3 heterocycles. The molecule has 0 radical (unpaired) electrons. The normalized spacial score (nSPS) is 18.8. The van der Waals surface area contributed by atoms with E-state index in [1.165, 1.54) is 36.4 Å². The van der Waals surface area contributed by atoms with Gasteiger partial charge in [-0.25, -0.2) is 38.5 Å². The number of allylic oxidation sites excluding steroid dienone is 6. The van der Waals surface area contributed by atoms with Crippen LogP contribution < -0.4 is 159 Å². The van der Waals surface area contributed by atoms with Crippen LogP contribution in [0.3, 0.4) is 0 Å². The van der Waals surface area contributed by atoms with Gasteiger partial charge in [0, 0.05) is 78.2 Å². The van der Waals surface area contributed by atoms with Gasteiger partial charge in [-0.1, -0.05) is 31.1 Å². The Morgan fingerprint density at radius 2 is 1.26 bits per heavy atom. The number of nitrogens with zero attached hydrogens (tertiary/aromatic N) is 3. The summed E-state index contributed by atoms with van der Waals surface area (Å²) in [4.78, 5) is 42.1. The maximum absolute atomic E-state index is 12.4. The minimum atomic E-state index is -4.90. The van der Waals surface area contributed by atoms with Crippen molar-refractivity contribution in [1.82, 2.24) is 5.06 Å². The molecule has 0 spiro atoms. The van der Waals surface area contributed by atoms with Gasteiger partial charge in [-0.15, -0.1) is 5.06 Å². The van der Waals surface area contributed by atoms with Crippen molar-refractivity contribution in [1.29, 1.82) is 0 Å². The zero-order chi connectivity index (χ0) is 48.2. The number of amides is 2. The van der Waals surface area contributed by atoms with Gasteiger partial charge in [0.15, 0.2) is 5.71 Å². The van der Waals surface area contributed by atoms with Crippen LogP contribution in [0.2, 0.25) is 0 Å². The van der Waals surface area contributed by atoms with Crippen molar-refractivity contribution in [3.63, 3.8) is 0 Å². The summed E-state index contributed by atoms with van der Waals surface area (Å²) in [6, 6.07) is 7.98. The molecule has 356 valence electrons. The topological polar surface area (TPSA) is 299 Å². The van der Waals surface area contributed by atoms with E-state index >= 15 is 0 Å². The van der Waals surface area contributed by atoms with Gasteiger partial charge >= 0.3 is 160 Å². The van der Waals surface area contributed by atoms with Crippen LogP contribution in [0, 0.1) is 0 Å². The Hall–Kier alpha value is 0.289. The molecule has 0 bridgehead atoms. The largest absolute Gasteiger partial charge is 1.00 e. The molecular formula is C42H50K3N3O16S4. The first-order valence-electron chi connectivity index (χ1n) is 20.8. The second-order valence-corrected chi connectivity index (χ2v) is 22.6. The number of fused-ring (bicyclic) bond motifs is 2. The maximum atomic E-state index is 12.4. The van der Waals surface area contributed by atoms with Gasteiger partial charge in [-0.05, 0) is 94.8 Å². The van der Waals surface area contributed by atoms with Crippen LogP contribution in [0.1, 0.15) is 103 Å². The van der Waals surface area contributed by atoms with Gasteiger partial charge in [0.1, 0.15) is 26.8 Å². The average molecular weight is 1100 g/mol. The van der Waals surface area contributed by atoms with E-state index < -0.39 is 90.4 Å². The molecule has 2 amide bonds. The van der Waals surface area contributed by atoms with Gasteiger partial charge in [0.2, 0.25) is 5.69 Å². The first kappa shape index (κ1) is 64.4. The van der Waals surface area contributed by atoms with E-state index in [4.69, 9.17) is 4.84 Å². The SMILES string of the molecule is CC1(C)C(/C=C/C=C/C=C2\N(CCCCS(=O)(=O)[O-])c3ccc(S(=O)(=O)[O-])cc3C2(C)CCCCCC(=O)ON2C(=O)CCC2=O)=[N+](CCCCS(=O)(=O)[O-])c2ccc(S(=O)(=O)[O-])cc21.[K+].[K+].[K+]. The number of hydrogen-bond acceptors (Lipinski definition) is 17. The minimum absolute atomic E-state index is 0. The van der Waals surface area contributed by atoms with E-state index in [-0.39, 0.29) is 212 Å². The second-order valence-electron chi connectivity index (χ2n) is 16.8. The van der Waals surface area contributed by atoms with Crippen LogP contribution in [0.5, 0.6) is 0 Å². The molecule has 19 nitrogen and oxygen atoms in total. The molecule has 1 atom stereocenters. The van der Waals surface area contributed by atoms with Crippen LogP contribution in [0.15, 0.2) is 82.3 Å². The smallest absolute Gasteiger partial charge is 0.748 e. The third-order valence-corrected chi connectivity index (χ3v) is 14.9. The molecule has 1 saturated heterocycles. The van der Waals surface area contributed by atoms with Gasteiger partial charge in [0.05, 0.1) is 35.4 Å². The van der Waals surface area contributed by atoms with Crippen LogP contribution >= 0.6 is 0 Å². The van der Waals surface area contributed by atoms with Crippen molar-refractivity contribution in [2.75, 3.05) is 29.5 Å². The van der Waals surface area contributed by atoms with Crippen molar-refractivity contribution < 1.29 is 230 Å². The Bertz CT molecular complexity index is 2800. The van der Waals surface area contributed by atoms with Crippen LogP contribution in [0.25, 0.3) is 0 Å². The van der Waals surface area contributed by atoms with Crippen molar-refractivity contribution in [2.24, 2.45) is 0 Å². The van der Waals surface area contributed by atoms with Crippen LogP contribution in [-0.4, -0.2) is 110 Å². The predicted octanol–water partition coefficient (Wildman–Crippen LogP) is -5.13. The Kier molecular flexibility index (Phi) is 25.3. The summed E-state index contributed by atoms with van der Waals surface area (Å²) in [6.07, 6.45) is 10.6. The fraction of sp³-hybridized carbons (Fsp3) is 0.476. The number of carbonyl (C=O) groups excluding carboxylic acids is 3. The van der Waals surface area contributed by atoms with Crippen LogP contribution in [-0.2, 0) is 70.5 Å². The van der Waals surface area contributed by atoms with Crippen molar-refractivity contribution in [3.8, 4) is 0 Å². The molecule has 0 aromatic heterocycles. The molecule has 5 rings (SSSR count). The summed E-state index contributed by atoms with van der Waals surface area (Å²) < 4.78 is 143. The molecule has 68 heavy (non-hydrogen) atoms. The summed E-state index contributed by atoms with van der Waals surface area (Å²) in [5.74, 6) is -3.15. The Morgan fingerprint density at radius 3 is 1.84 bits per heavy atom. The zero-order valence-electron chi connectivity index (χ0n) is 39.0. The predicted molar refractivity (Wildman–Crippen MR) is 231 cm³/mol. The standard InChI is InChI=1S/C42H53N3O16S4.3K/c1-41(2)32-28-30(64(55,56)57)17-19-34(32)43(24-10-12-26-62(49,50)51)36(41)14-6-4-7-15-37-42(3,23-9-5-8-16-40(48)61-45-38(46)21-22-39(45)47)33-29-31(65(58,59)60)18-20-35(33)44(37)25-11-13-27-63(52,53)54;;;/h4,6-7,14-15,17-20,28-29H,5,8-13,16,21-27H2,1-3H3,(H3-,49,50,51,52,53,54,55,56,57,58,59,60);;;/q;3*+1/p-3. The number of carbonyl (C=O) groups is 3. The quantitative estimate of drug-likeness (QED) is 0.0266. The molecule has 26 heteroatoms. The summed E-state index contributed by atoms with van der Waals surface area (Å²) in [6.45, 7) is 5.95. The Labute approximate surface area is 526 Å². The number of imide groups is 1. The Morgan fingerprint density at radius 1 is 0.706 bits per heavy atom. The molecule has 3 aliphatic heterocycles. The van der Waals surface area contributed by atoms with Crippen molar-refractivity contribution in [3.05, 3.63) is 83.6 Å². The number of rotatable bonds is 22. The van der Waals surface area contributed by atoms with Crippen molar-refractivity contribution in [2.45, 2.75) is 112 Å².